The van der Waals surface area contributed by atoms with Gasteiger partial charge in [-0.1, -0.05) is 31.9 Å². The number of carboxylic acids is 1. The van der Waals surface area contributed by atoms with Crippen LogP contribution < -0.4 is 16.4 Å². The third-order valence-corrected chi connectivity index (χ3v) is 5.81. The minimum absolute atomic E-state index is 0.197. The zero-order valence-corrected chi connectivity index (χ0v) is 18.3. The van der Waals surface area contributed by atoms with E-state index in [2.05, 4.69) is 15.6 Å². The third-order valence-electron chi connectivity index (χ3n) is 5.81. The van der Waals surface area contributed by atoms with Crippen molar-refractivity contribution < 1.29 is 19.5 Å². The molecule has 1 aromatic carbocycles. The molecule has 0 aliphatic carbocycles. The van der Waals surface area contributed by atoms with Crippen molar-refractivity contribution in [2.45, 2.75) is 57.7 Å². The lowest BCUT2D eigenvalue weighted by atomic mass is 10.1. The van der Waals surface area contributed by atoms with Crippen LogP contribution in [0.5, 0.6) is 0 Å². The van der Waals surface area contributed by atoms with Crippen LogP contribution >= 0.6 is 0 Å². The predicted molar refractivity (Wildman–Crippen MR) is 122 cm³/mol. The second-order valence-electron chi connectivity index (χ2n) is 8.13. The average molecular weight is 442 g/mol. The van der Waals surface area contributed by atoms with E-state index in [0.29, 0.717) is 31.7 Å². The molecule has 2 atom stereocenters. The molecule has 9 heteroatoms. The maximum Gasteiger partial charge on any atom is 0.317 e. The molecule has 1 aliphatic rings. The molecule has 2 amide bonds. The topological polar surface area (TPSA) is 138 Å². The highest BCUT2D eigenvalue weighted by atomic mass is 16.4. The lowest BCUT2D eigenvalue weighted by molar-refractivity contribution is -0.141. The zero-order chi connectivity index (χ0) is 23.1. The van der Waals surface area contributed by atoms with Gasteiger partial charge in [-0.15, -0.1) is 0 Å². The molecule has 0 bridgehead atoms. The van der Waals surface area contributed by atoms with Crippen LogP contribution in [0.4, 0.5) is 5.82 Å². The number of nitrogen functional groups attached to an aromatic ring is 1. The summed E-state index contributed by atoms with van der Waals surface area (Å²) < 4.78 is 0. The Morgan fingerprint density at radius 1 is 1.31 bits per heavy atom. The number of amides is 2. The number of aromatic nitrogens is 1. The van der Waals surface area contributed by atoms with Crippen LogP contribution in [0, 0.1) is 0 Å². The Balaban J connectivity index is 1.63. The normalized spacial score (nSPS) is 16.8. The number of nitrogens with two attached hydrogens (primary N) is 1. The highest BCUT2D eigenvalue weighted by molar-refractivity contribution is 5.92. The van der Waals surface area contributed by atoms with Crippen molar-refractivity contribution in [3.05, 3.63) is 36.0 Å². The second kappa shape index (κ2) is 10.9. The SMILES string of the molecule is CCCC[C@@H](NCC(=O)O)C(=O)N1CCC[C@H]1C(=O)NCc1ccc2c(N)nccc2c1. The number of aliphatic carboxylic acids is 1. The Kier molecular flexibility index (Phi) is 7.99. The summed E-state index contributed by atoms with van der Waals surface area (Å²) in [5, 5.41) is 16.6. The summed E-state index contributed by atoms with van der Waals surface area (Å²) in [7, 11) is 0. The van der Waals surface area contributed by atoms with Crippen molar-refractivity contribution >= 4 is 34.4 Å². The van der Waals surface area contributed by atoms with Gasteiger partial charge < -0.3 is 21.1 Å². The average Bonchev–Trinajstić information content (AvgIpc) is 3.27. The summed E-state index contributed by atoms with van der Waals surface area (Å²) in [5.74, 6) is -0.945. The molecule has 172 valence electrons. The van der Waals surface area contributed by atoms with Gasteiger partial charge in [-0.25, -0.2) is 4.98 Å². The fraction of sp³-hybridized carbons (Fsp3) is 0.478. The van der Waals surface area contributed by atoms with Crippen LogP contribution in [0.25, 0.3) is 10.8 Å². The van der Waals surface area contributed by atoms with Gasteiger partial charge in [0.25, 0.3) is 0 Å². The van der Waals surface area contributed by atoms with E-state index < -0.39 is 18.1 Å². The molecule has 9 nitrogen and oxygen atoms in total. The minimum Gasteiger partial charge on any atom is -0.480 e. The molecule has 0 unspecified atom stereocenters. The molecule has 0 saturated carbocycles. The summed E-state index contributed by atoms with van der Waals surface area (Å²) in [4.78, 5) is 42.6. The van der Waals surface area contributed by atoms with E-state index in [1.54, 1.807) is 11.1 Å². The molecule has 1 aliphatic heterocycles. The van der Waals surface area contributed by atoms with Crippen LogP contribution in [-0.2, 0) is 20.9 Å². The standard InChI is InChI=1S/C23H31N5O4/c1-2-3-5-18(26-14-20(29)30)23(32)28-11-4-6-19(28)22(31)27-13-15-7-8-17-16(12-15)9-10-25-21(17)24/h7-10,12,18-19,26H,2-6,11,13-14H2,1H3,(H2,24,25)(H,27,31)(H,29,30)/t18-,19+/m1/s1. The number of rotatable bonds is 10. The molecule has 2 aromatic rings. The van der Waals surface area contributed by atoms with Crippen LogP contribution in [0.1, 0.15) is 44.6 Å². The number of benzene rings is 1. The van der Waals surface area contributed by atoms with Crippen molar-refractivity contribution in [1.29, 1.82) is 0 Å². The van der Waals surface area contributed by atoms with E-state index in [1.165, 1.54) is 0 Å². The number of fused-ring (bicyclic) bond motifs is 1. The Morgan fingerprint density at radius 3 is 2.88 bits per heavy atom. The lowest BCUT2D eigenvalue weighted by Gasteiger charge is -2.28. The van der Waals surface area contributed by atoms with Crippen molar-refractivity contribution in [1.82, 2.24) is 20.5 Å². The summed E-state index contributed by atoms with van der Waals surface area (Å²) in [6, 6.07) is 6.47. The molecular weight excluding hydrogens is 410 g/mol. The fourth-order valence-corrected chi connectivity index (χ4v) is 4.10. The van der Waals surface area contributed by atoms with Gasteiger partial charge in [0.1, 0.15) is 11.9 Å². The van der Waals surface area contributed by atoms with Crippen molar-refractivity contribution in [3.8, 4) is 0 Å². The molecule has 5 N–H and O–H groups in total. The molecule has 1 aromatic heterocycles. The molecule has 3 rings (SSSR count). The zero-order valence-electron chi connectivity index (χ0n) is 18.3. The van der Waals surface area contributed by atoms with Crippen molar-refractivity contribution in [2.24, 2.45) is 0 Å². The Bertz CT molecular complexity index is 980. The number of carbonyl (C=O) groups excluding carboxylic acids is 2. The Labute approximate surface area is 187 Å². The number of hydrogen-bond donors (Lipinski definition) is 4. The van der Waals surface area contributed by atoms with E-state index in [9.17, 15) is 14.4 Å². The first-order valence-electron chi connectivity index (χ1n) is 11.1. The fourth-order valence-electron chi connectivity index (χ4n) is 4.10. The van der Waals surface area contributed by atoms with Crippen molar-refractivity contribution in [3.63, 3.8) is 0 Å². The third kappa shape index (κ3) is 5.73. The van der Waals surface area contributed by atoms with Crippen LogP contribution in [-0.4, -0.2) is 57.9 Å². The van der Waals surface area contributed by atoms with E-state index in [0.717, 1.165) is 35.6 Å². The molecule has 32 heavy (non-hydrogen) atoms. The highest BCUT2D eigenvalue weighted by Gasteiger charge is 2.36. The first-order chi connectivity index (χ1) is 15.4. The molecular formula is C23H31N5O4. The van der Waals surface area contributed by atoms with E-state index in [1.807, 2.05) is 31.2 Å². The summed E-state index contributed by atoms with van der Waals surface area (Å²) in [6.07, 6.45) is 5.23. The number of anilines is 1. The van der Waals surface area contributed by atoms with Gasteiger partial charge in [-0.2, -0.15) is 0 Å². The number of nitrogens with zero attached hydrogens (tertiary/aromatic N) is 2. The van der Waals surface area contributed by atoms with Crippen LogP contribution in [0.2, 0.25) is 0 Å². The van der Waals surface area contributed by atoms with Gasteiger partial charge in [0.2, 0.25) is 11.8 Å². The number of hydrogen-bond acceptors (Lipinski definition) is 6. The van der Waals surface area contributed by atoms with Gasteiger partial charge in [0.15, 0.2) is 0 Å². The van der Waals surface area contributed by atoms with Gasteiger partial charge >= 0.3 is 5.97 Å². The molecule has 0 spiro atoms. The molecule has 1 fully saturated rings. The first-order valence-corrected chi connectivity index (χ1v) is 11.1. The number of nitrogens with one attached hydrogen (secondary N) is 2. The maximum atomic E-state index is 13.1. The number of carboxylic acid groups (broad SMARTS) is 1. The van der Waals surface area contributed by atoms with Gasteiger partial charge in [0, 0.05) is 24.7 Å². The monoisotopic (exact) mass is 441 g/mol. The van der Waals surface area contributed by atoms with E-state index in [4.69, 9.17) is 10.8 Å². The highest BCUT2D eigenvalue weighted by Crippen LogP contribution is 2.22. The molecule has 0 radical (unpaired) electrons. The van der Waals surface area contributed by atoms with Gasteiger partial charge in [-0.05, 0) is 42.3 Å². The number of carbonyl (C=O) groups is 3. The lowest BCUT2D eigenvalue weighted by Crippen LogP contribution is -2.53. The van der Waals surface area contributed by atoms with E-state index >= 15 is 0 Å². The van der Waals surface area contributed by atoms with Gasteiger partial charge in [0.05, 0.1) is 12.6 Å². The van der Waals surface area contributed by atoms with Crippen LogP contribution in [0.3, 0.4) is 0 Å². The number of unbranched alkanes of at least 4 members (excludes halogenated alkanes) is 1. The Morgan fingerprint density at radius 2 is 2.12 bits per heavy atom. The summed E-state index contributed by atoms with van der Waals surface area (Å²) in [6.45, 7) is 2.57. The predicted octanol–water partition coefficient (Wildman–Crippen LogP) is 1.66. The van der Waals surface area contributed by atoms with Gasteiger partial charge in [-0.3, -0.25) is 19.7 Å². The second-order valence-corrected chi connectivity index (χ2v) is 8.13. The smallest absolute Gasteiger partial charge is 0.317 e. The Hall–Kier alpha value is -3.20. The first kappa shape index (κ1) is 23.5. The summed E-state index contributed by atoms with van der Waals surface area (Å²) >= 11 is 0. The largest absolute Gasteiger partial charge is 0.480 e. The minimum atomic E-state index is -1.01. The van der Waals surface area contributed by atoms with E-state index in [-0.39, 0.29) is 18.4 Å². The number of pyridine rings is 1. The number of likely N-dealkylation sites (tertiary alicyclic amines) is 1. The maximum absolute atomic E-state index is 13.1. The quantitative estimate of drug-likeness (QED) is 0.440. The summed E-state index contributed by atoms with van der Waals surface area (Å²) in [5.41, 5.74) is 6.82. The molecule has 2 heterocycles. The van der Waals surface area contributed by atoms with Crippen LogP contribution in [0.15, 0.2) is 30.5 Å². The molecule has 1 saturated heterocycles. The van der Waals surface area contributed by atoms with Crippen molar-refractivity contribution in [2.75, 3.05) is 18.8 Å².